The molecule has 4 aliphatic rings. The number of carbonyl (C=O) groups excluding carboxylic acids is 2. The Bertz CT molecular complexity index is 1700. The molecular formula is C32H45ClN10O8. The number of hydrogen-bond donors (Lipinski definition) is 5. The van der Waals surface area contributed by atoms with Gasteiger partial charge in [-0.2, -0.15) is 4.98 Å². The van der Waals surface area contributed by atoms with Crippen LogP contribution >= 0.6 is 11.6 Å². The van der Waals surface area contributed by atoms with Crippen LogP contribution in [0.2, 0.25) is 5.15 Å². The van der Waals surface area contributed by atoms with Crippen LogP contribution in [-0.2, 0) is 72.4 Å². The largest absolute Gasteiger partial charge is 0.468 e. The third-order valence-electron chi connectivity index (χ3n) is 7.95. The maximum Gasteiger partial charge on any atom is 0.318 e. The molecule has 0 saturated carbocycles. The fourth-order valence-corrected chi connectivity index (χ4v) is 5.49. The lowest BCUT2D eigenvalue weighted by Crippen LogP contribution is -2.34. The number of ether oxygens (including phenoxy) is 5. The van der Waals surface area contributed by atoms with Gasteiger partial charge in [-0.05, 0) is 6.42 Å². The van der Waals surface area contributed by atoms with E-state index in [0.717, 1.165) is 72.9 Å². The standard InChI is InChI=1S/C11H18N4O.C7H8ClN3O.C7H9N3O2.C7H10O4/c1-2-3-5-13-10-8-7-16-6-4-9(8)14-11(12)15-10;8-6-4-3-12-2-1-5(4)10-7(9)11-6;8-7-9-5-1-2-12-3-4(5)6(11)10-7;1-10-7(9)5-4-11-3-2-6(5)8/h2-7H2,1H3,(H3,12,13,14,15);1-3H2,(H2,9,10,11);1-3H2,(H3,8,9,10,11);5H,2-4H2,1H3. The van der Waals surface area contributed by atoms with Crippen molar-refractivity contribution in [2.75, 3.05) is 69.2 Å². The van der Waals surface area contributed by atoms with Gasteiger partial charge in [0, 0.05) is 43.4 Å². The van der Waals surface area contributed by atoms with Gasteiger partial charge in [0.25, 0.3) is 5.56 Å². The highest BCUT2D eigenvalue weighted by Crippen LogP contribution is 2.23. The van der Waals surface area contributed by atoms with E-state index in [2.05, 4.69) is 46.9 Å². The second kappa shape index (κ2) is 19.8. The Morgan fingerprint density at radius 2 is 1.39 bits per heavy atom. The zero-order valence-corrected chi connectivity index (χ0v) is 29.6. The van der Waals surface area contributed by atoms with Gasteiger partial charge in [-0.3, -0.25) is 19.4 Å². The number of carbonyl (C=O) groups is 2. The number of ketones is 1. The smallest absolute Gasteiger partial charge is 0.318 e. The topological polar surface area (TPSA) is 268 Å². The van der Waals surface area contributed by atoms with Crippen LogP contribution < -0.4 is 28.1 Å². The van der Waals surface area contributed by atoms with Gasteiger partial charge in [0.05, 0.1) is 82.6 Å². The first kappa shape index (κ1) is 39.3. The van der Waals surface area contributed by atoms with Gasteiger partial charge in [-0.25, -0.2) is 19.9 Å². The second-order valence-corrected chi connectivity index (χ2v) is 11.9. The number of fused-ring (bicyclic) bond motifs is 3. The number of esters is 1. The zero-order chi connectivity index (χ0) is 36.8. The monoisotopic (exact) mass is 732 g/mol. The highest BCUT2D eigenvalue weighted by atomic mass is 35.5. The fourth-order valence-electron chi connectivity index (χ4n) is 5.24. The molecule has 0 amide bonds. The summed E-state index contributed by atoms with van der Waals surface area (Å²) >= 11 is 5.84. The van der Waals surface area contributed by atoms with Crippen LogP contribution in [0.25, 0.3) is 0 Å². The SMILES string of the molecule is CCCCNc1nc(N)nc2c1COCC2.COC(=O)C1COCCC1=O.Nc1nc(Cl)c2c(n1)CCOC2.Nc1nc2c(c(=O)[nH]1)COCC2. The van der Waals surface area contributed by atoms with Crippen molar-refractivity contribution in [3.63, 3.8) is 0 Å². The van der Waals surface area contributed by atoms with Crippen molar-refractivity contribution in [1.82, 2.24) is 29.9 Å². The molecule has 3 aromatic heterocycles. The molecule has 278 valence electrons. The lowest BCUT2D eigenvalue weighted by atomic mass is 10.0. The number of unbranched alkanes of at least 4 members (excludes halogenated alkanes) is 1. The summed E-state index contributed by atoms with van der Waals surface area (Å²) in [4.78, 5) is 55.9. The van der Waals surface area contributed by atoms with Crippen LogP contribution in [0.5, 0.6) is 0 Å². The first-order valence-corrected chi connectivity index (χ1v) is 17.0. The fraction of sp³-hybridized carbons (Fsp3) is 0.562. The van der Waals surface area contributed by atoms with Crippen molar-refractivity contribution < 1.29 is 33.3 Å². The van der Waals surface area contributed by atoms with Crippen LogP contribution in [0.1, 0.15) is 60.0 Å². The van der Waals surface area contributed by atoms with Gasteiger partial charge < -0.3 is 46.2 Å². The van der Waals surface area contributed by atoms with Crippen LogP contribution in [0, 0.1) is 5.92 Å². The van der Waals surface area contributed by atoms with Crippen molar-refractivity contribution in [3.8, 4) is 0 Å². The predicted octanol–water partition coefficient (Wildman–Crippen LogP) is 1.32. The van der Waals surface area contributed by atoms with E-state index in [0.29, 0.717) is 69.1 Å². The van der Waals surface area contributed by atoms with Gasteiger partial charge in [0.15, 0.2) is 5.78 Å². The molecule has 1 atom stereocenters. The number of anilines is 4. The Morgan fingerprint density at radius 3 is 2.02 bits per heavy atom. The minimum atomic E-state index is -0.686. The van der Waals surface area contributed by atoms with Gasteiger partial charge in [-0.1, -0.05) is 24.9 Å². The molecule has 8 N–H and O–H groups in total. The highest BCUT2D eigenvalue weighted by molar-refractivity contribution is 6.30. The molecule has 4 aliphatic heterocycles. The molecule has 19 heteroatoms. The van der Waals surface area contributed by atoms with Crippen LogP contribution in [0.3, 0.4) is 0 Å². The molecule has 0 radical (unpaired) electrons. The van der Waals surface area contributed by atoms with Crippen molar-refractivity contribution in [2.45, 2.75) is 65.3 Å². The Morgan fingerprint density at radius 1 is 0.824 bits per heavy atom. The van der Waals surface area contributed by atoms with Crippen molar-refractivity contribution in [1.29, 1.82) is 0 Å². The average Bonchev–Trinajstić information content (AvgIpc) is 3.12. The number of halogens is 1. The number of methoxy groups -OCH3 is 1. The zero-order valence-electron chi connectivity index (χ0n) is 28.8. The highest BCUT2D eigenvalue weighted by Gasteiger charge is 2.30. The number of nitrogens with one attached hydrogen (secondary N) is 2. The molecule has 51 heavy (non-hydrogen) atoms. The summed E-state index contributed by atoms with van der Waals surface area (Å²) in [6, 6.07) is 0. The van der Waals surface area contributed by atoms with Crippen LogP contribution in [0.4, 0.5) is 23.7 Å². The van der Waals surface area contributed by atoms with Crippen LogP contribution in [-0.4, -0.2) is 88.3 Å². The summed E-state index contributed by atoms with van der Waals surface area (Å²) in [5.74, 6) is 0.350. The van der Waals surface area contributed by atoms with E-state index < -0.39 is 11.9 Å². The molecule has 7 rings (SSSR count). The first-order valence-electron chi connectivity index (χ1n) is 16.6. The molecule has 18 nitrogen and oxygen atoms in total. The molecular weight excluding hydrogens is 688 g/mol. The number of nitrogens with zero attached hydrogens (tertiary/aromatic N) is 5. The lowest BCUT2D eigenvalue weighted by Gasteiger charge is -2.19. The van der Waals surface area contributed by atoms with Crippen molar-refractivity contribution >= 4 is 47.0 Å². The summed E-state index contributed by atoms with van der Waals surface area (Å²) in [5, 5.41) is 3.72. The van der Waals surface area contributed by atoms with Gasteiger partial charge in [0.1, 0.15) is 16.9 Å². The molecule has 7 heterocycles. The number of H-pyrrole nitrogens is 1. The third kappa shape index (κ3) is 11.5. The maximum atomic E-state index is 11.2. The summed E-state index contributed by atoms with van der Waals surface area (Å²) in [6.45, 7) is 7.11. The molecule has 0 spiro atoms. The Labute approximate surface area is 299 Å². The van der Waals surface area contributed by atoms with Crippen LogP contribution in [0.15, 0.2) is 4.79 Å². The van der Waals surface area contributed by atoms with E-state index in [1.165, 1.54) is 7.11 Å². The minimum absolute atomic E-state index is 0.0805. The number of aromatic nitrogens is 6. The number of nitrogen functional groups attached to an aromatic ring is 3. The third-order valence-corrected chi connectivity index (χ3v) is 8.26. The van der Waals surface area contributed by atoms with E-state index in [4.69, 9.17) is 47.7 Å². The van der Waals surface area contributed by atoms with E-state index >= 15 is 0 Å². The van der Waals surface area contributed by atoms with Gasteiger partial charge in [-0.15, -0.1) is 0 Å². The Balaban J connectivity index is 0.000000154. The van der Waals surface area contributed by atoms with Crippen molar-refractivity contribution in [3.05, 3.63) is 49.3 Å². The summed E-state index contributed by atoms with van der Waals surface area (Å²) in [7, 11) is 1.27. The van der Waals surface area contributed by atoms with Crippen molar-refractivity contribution in [2.24, 2.45) is 5.92 Å². The second-order valence-electron chi connectivity index (χ2n) is 11.6. The number of hydrogen-bond acceptors (Lipinski definition) is 17. The summed E-state index contributed by atoms with van der Waals surface area (Å²) in [6.07, 6.45) is 4.86. The van der Waals surface area contributed by atoms with E-state index in [1.807, 2.05) is 0 Å². The quantitative estimate of drug-likeness (QED) is 0.107. The Hall–Kier alpha value is -4.49. The molecule has 1 saturated heterocycles. The number of nitrogens with two attached hydrogens (primary N) is 3. The molecule has 1 unspecified atom stereocenters. The first-order chi connectivity index (χ1) is 24.6. The molecule has 3 aromatic rings. The van der Waals surface area contributed by atoms with E-state index in [9.17, 15) is 14.4 Å². The molecule has 1 fully saturated rings. The lowest BCUT2D eigenvalue weighted by molar-refractivity contribution is -0.155. The van der Waals surface area contributed by atoms with E-state index in [-0.39, 0.29) is 29.8 Å². The summed E-state index contributed by atoms with van der Waals surface area (Å²) in [5.41, 5.74) is 21.6. The Kier molecular flexibility index (Phi) is 15.2. The van der Waals surface area contributed by atoms with Gasteiger partial charge in [0.2, 0.25) is 17.8 Å². The van der Waals surface area contributed by atoms with E-state index in [1.54, 1.807) is 0 Å². The summed E-state index contributed by atoms with van der Waals surface area (Å²) < 4.78 is 25.1. The molecule has 0 bridgehead atoms. The molecule has 0 aliphatic carbocycles. The predicted molar refractivity (Wildman–Crippen MR) is 187 cm³/mol. The average molecular weight is 733 g/mol. The number of Topliss-reactive ketones (excluding diaryl/α,β-unsaturated/α-hetero) is 1. The molecule has 0 aromatic carbocycles. The normalized spacial score (nSPS) is 17.3. The number of rotatable bonds is 5. The maximum absolute atomic E-state index is 11.2. The number of aromatic amines is 1. The minimum Gasteiger partial charge on any atom is -0.468 e. The van der Waals surface area contributed by atoms with Gasteiger partial charge >= 0.3 is 5.97 Å².